The molecule has 0 unspecified atom stereocenters. The van der Waals surface area contributed by atoms with Crippen molar-refractivity contribution in [2.45, 2.75) is 0 Å². The summed E-state index contributed by atoms with van der Waals surface area (Å²) in [6.07, 6.45) is 1.32. The van der Waals surface area contributed by atoms with Gasteiger partial charge in [-0.25, -0.2) is 5.43 Å². The molecule has 0 aliphatic carbocycles. The summed E-state index contributed by atoms with van der Waals surface area (Å²) in [5.41, 5.74) is 2.85. The Bertz CT molecular complexity index is 1010. The molecule has 2 aromatic carbocycles. The van der Waals surface area contributed by atoms with Crippen LogP contribution in [0.3, 0.4) is 0 Å². The lowest BCUT2D eigenvalue weighted by molar-refractivity contribution is -0.384. The molecular formula is C19H14ClN3O5. The zero-order chi connectivity index (χ0) is 19.9. The lowest BCUT2D eigenvalue weighted by Crippen LogP contribution is -2.24. The highest BCUT2D eigenvalue weighted by atomic mass is 35.5. The standard InChI is InChI=1S/C19H14ClN3O5/c20-14-4-6-16(7-5-14)27-12-19(24)22-21-11-17-8-9-18(28-17)13-2-1-3-15(10-13)23(25)26/h1-11H,12H2,(H,22,24)/b21-11-. The van der Waals surface area contributed by atoms with Crippen molar-refractivity contribution in [1.29, 1.82) is 0 Å². The van der Waals surface area contributed by atoms with E-state index >= 15 is 0 Å². The fraction of sp³-hybridized carbons (Fsp3) is 0.0526. The number of non-ortho nitro benzene ring substituents is 1. The van der Waals surface area contributed by atoms with E-state index in [9.17, 15) is 14.9 Å². The molecule has 0 fully saturated rings. The van der Waals surface area contributed by atoms with Gasteiger partial charge in [0.1, 0.15) is 17.3 Å². The minimum absolute atomic E-state index is 0.0305. The smallest absolute Gasteiger partial charge is 0.277 e. The van der Waals surface area contributed by atoms with Crippen molar-refractivity contribution in [3.63, 3.8) is 0 Å². The molecule has 0 saturated heterocycles. The lowest BCUT2D eigenvalue weighted by Gasteiger charge is -2.04. The quantitative estimate of drug-likeness (QED) is 0.366. The Morgan fingerprint density at radius 1 is 1.21 bits per heavy atom. The van der Waals surface area contributed by atoms with Gasteiger partial charge in [0.25, 0.3) is 11.6 Å². The van der Waals surface area contributed by atoms with Crippen molar-refractivity contribution in [1.82, 2.24) is 5.43 Å². The Kier molecular flexibility index (Phi) is 6.03. The van der Waals surface area contributed by atoms with E-state index in [0.717, 1.165) is 0 Å². The summed E-state index contributed by atoms with van der Waals surface area (Å²) in [6, 6.07) is 16.0. The first kappa shape index (κ1) is 19.1. The number of nitrogens with one attached hydrogen (secondary N) is 1. The predicted molar refractivity (Wildman–Crippen MR) is 103 cm³/mol. The van der Waals surface area contributed by atoms with Gasteiger partial charge in [-0.15, -0.1) is 0 Å². The molecule has 8 nitrogen and oxygen atoms in total. The Morgan fingerprint density at radius 2 is 2.00 bits per heavy atom. The maximum Gasteiger partial charge on any atom is 0.277 e. The third kappa shape index (κ3) is 5.18. The highest BCUT2D eigenvalue weighted by Crippen LogP contribution is 2.25. The zero-order valence-corrected chi connectivity index (χ0v) is 15.1. The number of furan rings is 1. The van der Waals surface area contributed by atoms with Crippen molar-refractivity contribution in [2.24, 2.45) is 5.10 Å². The molecule has 1 N–H and O–H groups in total. The molecule has 0 aliphatic heterocycles. The number of halogens is 1. The number of benzene rings is 2. The summed E-state index contributed by atoms with van der Waals surface area (Å²) in [5.74, 6) is 0.885. The largest absolute Gasteiger partial charge is 0.484 e. The van der Waals surface area contributed by atoms with Crippen LogP contribution < -0.4 is 10.2 Å². The van der Waals surface area contributed by atoms with E-state index in [1.165, 1.54) is 18.3 Å². The summed E-state index contributed by atoms with van der Waals surface area (Å²) in [6.45, 7) is -0.212. The first-order valence-corrected chi connectivity index (χ1v) is 8.44. The van der Waals surface area contributed by atoms with Gasteiger partial charge in [0.2, 0.25) is 0 Å². The number of rotatable bonds is 7. The minimum Gasteiger partial charge on any atom is -0.484 e. The Hall–Kier alpha value is -3.65. The normalized spacial score (nSPS) is 10.8. The fourth-order valence-corrected chi connectivity index (χ4v) is 2.36. The van der Waals surface area contributed by atoms with Crippen molar-refractivity contribution >= 4 is 29.4 Å². The van der Waals surface area contributed by atoms with Crippen LogP contribution in [0.15, 0.2) is 70.2 Å². The highest BCUT2D eigenvalue weighted by Gasteiger charge is 2.10. The zero-order valence-electron chi connectivity index (χ0n) is 14.4. The van der Waals surface area contributed by atoms with Crippen LogP contribution in [0, 0.1) is 10.1 Å². The third-order valence-electron chi connectivity index (χ3n) is 3.53. The minimum atomic E-state index is -0.476. The second-order valence-corrected chi connectivity index (χ2v) is 5.98. The molecule has 1 aromatic heterocycles. The van der Waals surface area contributed by atoms with Gasteiger partial charge < -0.3 is 9.15 Å². The number of nitro groups is 1. The van der Waals surface area contributed by atoms with Gasteiger partial charge in [0.05, 0.1) is 11.1 Å². The van der Waals surface area contributed by atoms with Crippen molar-refractivity contribution in [3.05, 3.63) is 81.6 Å². The molecule has 1 heterocycles. The van der Waals surface area contributed by atoms with Gasteiger partial charge in [0, 0.05) is 22.7 Å². The first-order chi connectivity index (χ1) is 13.5. The molecule has 0 aliphatic rings. The second kappa shape index (κ2) is 8.83. The number of carbonyl (C=O) groups excluding carboxylic acids is 1. The molecule has 0 bridgehead atoms. The maximum atomic E-state index is 11.7. The number of hydrazone groups is 1. The predicted octanol–water partition coefficient (Wildman–Crippen LogP) is 4.04. The molecule has 0 radical (unpaired) electrons. The van der Waals surface area contributed by atoms with Crippen molar-refractivity contribution < 1.29 is 18.9 Å². The van der Waals surface area contributed by atoms with Crippen LogP contribution >= 0.6 is 11.6 Å². The number of hydrogen-bond donors (Lipinski definition) is 1. The average molecular weight is 400 g/mol. The Labute approximate surface area is 164 Å². The fourth-order valence-electron chi connectivity index (χ4n) is 2.23. The van der Waals surface area contributed by atoms with E-state index in [4.69, 9.17) is 20.8 Å². The van der Waals surface area contributed by atoms with Gasteiger partial charge in [-0.1, -0.05) is 23.7 Å². The van der Waals surface area contributed by atoms with Crippen LogP contribution in [0.25, 0.3) is 11.3 Å². The number of carbonyl (C=O) groups is 1. The van der Waals surface area contributed by atoms with E-state index in [0.29, 0.717) is 27.9 Å². The van der Waals surface area contributed by atoms with E-state index < -0.39 is 10.8 Å². The van der Waals surface area contributed by atoms with Crippen LogP contribution in [0.1, 0.15) is 5.76 Å². The van der Waals surface area contributed by atoms with E-state index in [1.807, 2.05) is 0 Å². The van der Waals surface area contributed by atoms with Crippen molar-refractivity contribution in [3.8, 4) is 17.1 Å². The topological polar surface area (TPSA) is 107 Å². The van der Waals surface area contributed by atoms with Gasteiger partial charge in [-0.2, -0.15) is 5.10 Å². The summed E-state index contributed by atoms with van der Waals surface area (Å²) < 4.78 is 10.9. The summed E-state index contributed by atoms with van der Waals surface area (Å²) >= 11 is 5.77. The SMILES string of the molecule is O=C(COc1ccc(Cl)cc1)N/N=C\c1ccc(-c2cccc([N+](=O)[O-])c2)o1. The molecule has 3 aromatic rings. The first-order valence-electron chi connectivity index (χ1n) is 8.06. The Balaban J connectivity index is 1.53. The van der Waals surface area contributed by atoms with E-state index in [2.05, 4.69) is 10.5 Å². The maximum absolute atomic E-state index is 11.7. The summed E-state index contributed by atoms with van der Waals surface area (Å²) in [5, 5.41) is 15.2. The molecular weight excluding hydrogens is 386 g/mol. The lowest BCUT2D eigenvalue weighted by atomic mass is 10.1. The summed E-state index contributed by atoms with van der Waals surface area (Å²) in [7, 11) is 0. The van der Waals surface area contributed by atoms with Crippen LogP contribution in [0.2, 0.25) is 5.02 Å². The van der Waals surface area contributed by atoms with Crippen LogP contribution in [-0.2, 0) is 4.79 Å². The summed E-state index contributed by atoms with van der Waals surface area (Å²) in [4.78, 5) is 22.1. The van der Waals surface area contributed by atoms with Crippen LogP contribution in [0.5, 0.6) is 5.75 Å². The number of hydrogen-bond acceptors (Lipinski definition) is 6. The number of amides is 1. The van der Waals surface area contributed by atoms with Crippen LogP contribution in [0.4, 0.5) is 5.69 Å². The molecule has 0 atom stereocenters. The average Bonchev–Trinajstić information content (AvgIpc) is 3.16. The molecule has 3 rings (SSSR count). The molecule has 28 heavy (non-hydrogen) atoms. The molecule has 0 spiro atoms. The van der Waals surface area contributed by atoms with Crippen LogP contribution in [-0.4, -0.2) is 23.7 Å². The molecule has 1 amide bonds. The number of nitrogens with zero attached hydrogens (tertiary/aromatic N) is 2. The van der Waals surface area contributed by atoms with Gasteiger partial charge in [-0.05, 0) is 36.4 Å². The third-order valence-corrected chi connectivity index (χ3v) is 3.78. The molecule has 142 valence electrons. The van der Waals surface area contributed by atoms with Gasteiger partial charge in [-0.3, -0.25) is 14.9 Å². The Morgan fingerprint density at radius 3 is 2.75 bits per heavy atom. The van der Waals surface area contributed by atoms with Gasteiger partial charge >= 0.3 is 0 Å². The highest BCUT2D eigenvalue weighted by molar-refractivity contribution is 6.30. The van der Waals surface area contributed by atoms with Crippen molar-refractivity contribution in [2.75, 3.05) is 6.61 Å². The molecule has 0 saturated carbocycles. The van der Waals surface area contributed by atoms with E-state index in [-0.39, 0.29) is 12.3 Å². The number of nitro benzene ring substituents is 1. The van der Waals surface area contributed by atoms with E-state index in [1.54, 1.807) is 48.5 Å². The van der Waals surface area contributed by atoms with Gasteiger partial charge in [0.15, 0.2) is 6.61 Å². The second-order valence-electron chi connectivity index (χ2n) is 5.55. The number of ether oxygens (including phenoxy) is 1. The monoisotopic (exact) mass is 399 g/mol. The molecule has 9 heteroatoms.